The predicted molar refractivity (Wildman–Crippen MR) is 69.9 cm³/mol. The van der Waals surface area contributed by atoms with Gasteiger partial charge in [0, 0.05) is 12.5 Å². The summed E-state index contributed by atoms with van der Waals surface area (Å²) in [5, 5.41) is 2.64. The zero-order valence-electron chi connectivity index (χ0n) is 11.2. The third kappa shape index (κ3) is 3.74. The van der Waals surface area contributed by atoms with Crippen LogP contribution in [0.4, 0.5) is 13.2 Å². The lowest BCUT2D eigenvalue weighted by molar-refractivity contribution is -0.138. The van der Waals surface area contributed by atoms with Gasteiger partial charge in [0.1, 0.15) is 0 Å². The summed E-state index contributed by atoms with van der Waals surface area (Å²) >= 11 is 0. The van der Waals surface area contributed by atoms with Crippen molar-refractivity contribution < 1.29 is 18.0 Å². The summed E-state index contributed by atoms with van der Waals surface area (Å²) in [6.07, 6.45) is 0.487. The molecular formula is C15H18F3NO. The molecule has 1 N–H and O–H groups in total. The first-order valence-electron chi connectivity index (χ1n) is 6.91. The molecule has 2 nitrogen and oxygen atoms in total. The Labute approximate surface area is 116 Å². The van der Waals surface area contributed by atoms with Gasteiger partial charge in [0.25, 0.3) is 0 Å². The zero-order valence-corrected chi connectivity index (χ0v) is 11.2. The average molecular weight is 285 g/mol. The van der Waals surface area contributed by atoms with Crippen molar-refractivity contribution in [2.75, 3.05) is 0 Å². The Balaban J connectivity index is 1.98. The summed E-state index contributed by atoms with van der Waals surface area (Å²) in [5.41, 5.74) is -0.562. The second-order valence-electron chi connectivity index (χ2n) is 5.21. The molecule has 2 rings (SSSR count). The second-order valence-corrected chi connectivity index (χ2v) is 5.21. The molecule has 20 heavy (non-hydrogen) atoms. The topological polar surface area (TPSA) is 29.1 Å². The summed E-state index contributed by atoms with van der Waals surface area (Å²) in [4.78, 5) is 11.9. The number of carbonyl (C=O) groups excluding carboxylic acids is 1. The van der Waals surface area contributed by atoms with Crippen LogP contribution in [0.3, 0.4) is 0 Å². The van der Waals surface area contributed by atoms with Crippen molar-refractivity contribution >= 4 is 5.91 Å². The van der Waals surface area contributed by atoms with Gasteiger partial charge < -0.3 is 5.32 Å². The normalized spacial score (nSPS) is 16.9. The van der Waals surface area contributed by atoms with E-state index < -0.39 is 11.7 Å². The highest BCUT2D eigenvalue weighted by molar-refractivity contribution is 5.78. The molecule has 0 radical (unpaired) electrons. The first-order valence-corrected chi connectivity index (χ1v) is 6.91. The fraction of sp³-hybridized carbons (Fsp3) is 0.533. The number of hydrogen-bond donors (Lipinski definition) is 1. The largest absolute Gasteiger partial charge is 0.416 e. The first kappa shape index (κ1) is 14.9. The van der Waals surface area contributed by atoms with E-state index >= 15 is 0 Å². The summed E-state index contributed by atoms with van der Waals surface area (Å²) in [7, 11) is 0. The minimum atomic E-state index is -4.38. The average Bonchev–Trinajstić information content (AvgIpc) is 2.45. The number of halogens is 3. The minimum absolute atomic E-state index is 0.0400. The van der Waals surface area contributed by atoms with Crippen LogP contribution in [0.5, 0.6) is 0 Å². The fourth-order valence-corrected chi connectivity index (χ4v) is 2.64. The predicted octanol–water partition coefficient (Wildman–Crippen LogP) is 3.90. The molecule has 1 aliphatic carbocycles. The van der Waals surface area contributed by atoms with Crippen molar-refractivity contribution in [2.24, 2.45) is 5.92 Å². The van der Waals surface area contributed by atoms with Crippen LogP contribution >= 0.6 is 0 Å². The van der Waals surface area contributed by atoms with Crippen LogP contribution in [-0.4, -0.2) is 5.91 Å². The molecule has 0 unspecified atom stereocenters. The standard InChI is InChI=1S/C15H18F3NO/c16-15(17,18)13-9-5-4-8-12(13)10-19-14(20)11-6-2-1-3-7-11/h4-5,8-9,11H,1-3,6-7,10H2,(H,19,20). The van der Waals surface area contributed by atoms with Crippen molar-refractivity contribution in [1.82, 2.24) is 5.32 Å². The Bertz CT molecular complexity index is 464. The number of amides is 1. The maximum absolute atomic E-state index is 12.8. The molecule has 0 saturated heterocycles. The van der Waals surface area contributed by atoms with E-state index in [4.69, 9.17) is 0 Å². The van der Waals surface area contributed by atoms with Crippen molar-refractivity contribution in [3.63, 3.8) is 0 Å². The molecule has 1 amide bonds. The number of rotatable bonds is 3. The number of hydrogen-bond acceptors (Lipinski definition) is 1. The van der Waals surface area contributed by atoms with Crippen molar-refractivity contribution in [3.8, 4) is 0 Å². The molecule has 0 spiro atoms. The van der Waals surface area contributed by atoms with E-state index in [0.717, 1.165) is 38.2 Å². The monoisotopic (exact) mass is 285 g/mol. The molecular weight excluding hydrogens is 267 g/mol. The molecule has 0 aromatic heterocycles. The Morgan fingerprint density at radius 1 is 1.15 bits per heavy atom. The first-order chi connectivity index (χ1) is 9.48. The SMILES string of the molecule is O=C(NCc1ccccc1C(F)(F)F)C1CCCCC1. The maximum atomic E-state index is 12.8. The Morgan fingerprint density at radius 2 is 1.80 bits per heavy atom. The van der Waals surface area contributed by atoms with Crippen LogP contribution in [0.25, 0.3) is 0 Å². The van der Waals surface area contributed by atoms with E-state index in [1.54, 1.807) is 6.07 Å². The summed E-state index contributed by atoms with van der Waals surface area (Å²) < 4.78 is 38.4. The van der Waals surface area contributed by atoms with Gasteiger partial charge in [-0.2, -0.15) is 13.2 Å². The Kier molecular flexibility index (Phi) is 4.68. The number of nitrogens with one attached hydrogen (secondary N) is 1. The quantitative estimate of drug-likeness (QED) is 0.896. The van der Waals surface area contributed by atoms with E-state index in [2.05, 4.69) is 5.32 Å². The van der Waals surface area contributed by atoms with Crippen molar-refractivity contribution in [1.29, 1.82) is 0 Å². The van der Waals surface area contributed by atoms with E-state index in [0.29, 0.717) is 0 Å². The number of carbonyl (C=O) groups is 1. The van der Waals surface area contributed by atoms with Crippen LogP contribution in [-0.2, 0) is 17.5 Å². The molecule has 5 heteroatoms. The second kappa shape index (κ2) is 6.29. The molecule has 1 fully saturated rings. The van der Waals surface area contributed by atoms with Crippen molar-refractivity contribution in [2.45, 2.75) is 44.8 Å². The fourth-order valence-electron chi connectivity index (χ4n) is 2.64. The molecule has 0 atom stereocenters. The van der Waals surface area contributed by atoms with Crippen LogP contribution in [0.15, 0.2) is 24.3 Å². The molecule has 1 aliphatic rings. The zero-order chi connectivity index (χ0) is 14.6. The summed E-state index contributed by atoms with van der Waals surface area (Å²) in [6.45, 7) is -0.0645. The summed E-state index contributed by atoms with van der Waals surface area (Å²) in [5.74, 6) is -0.163. The maximum Gasteiger partial charge on any atom is 0.416 e. The van der Waals surface area contributed by atoms with E-state index in [-0.39, 0.29) is 23.9 Å². The van der Waals surface area contributed by atoms with Gasteiger partial charge in [0.05, 0.1) is 5.56 Å². The highest BCUT2D eigenvalue weighted by atomic mass is 19.4. The highest BCUT2D eigenvalue weighted by Gasteiger charge is 2.33. The van der Waals surface area contributed by atoms with E-state index in [9.17, 15) is 18.0 Å². The van der Waals surface area contributed by atoms with Gasteiger partial charge in [-0.25, -0.2) is 0 Å². The highest BCUT2D eigenvalue weighted by Crippen LogP contribution is 2.32. The lowest BCUT2D eigenvalue weighted by Crippen LogP contribution is -2.32. The molecule has 1 aromatic rings. The Morgan fingerprint density at radius 3 is 2.45 bits per heavy atom. The van der Waals surface area contributed by atoms with Crippen LogP contribution < -0.4 is 5.32 Å². The van der Waals surface area contributed by atoms with Crippen LogP contribution in [0.2, 0.25) is 0 Å². The van der Waals surface area contributed by atoms with Crippen molar-refractivity contribution in [3.05, 3.63) is 35.4 Å². The third-order valence-electron chi connectivity index (χ3n) is 3.75. The van der Waals surface area contributed by atoms with Gasteiger partial charge in [0.15, 0.2) is 0 Å². The smallest absolute Gasteiger partial charge is 0.352 e. The molecule has 1 aromatic carbocycles. The van der Waals surface area contributed by atoms with Gasteiger partial charge >= 0.3 is 6.18 Å². The van der Waals surface area contributed by atoms with Gasteiger partial charge in [-0.1, -0.05) is 37.5 Å². The van der Waals surface area contributed by atoms with Gasteiger partial charge in [0.2, 0.25) is 5.91 Å². The lowest BCUT2D eigenvalue weighted by atomic mass is 9.88. The molecule has 110 valence electrons. The van der Waals surface area contributed by atoms with Gasteiger partial charge in [-0.3, -0.25) is 4.79 Å². The Hall–Kier alpha value is -1.52. The number of alkyl halides is 3. The summed E-state index contributed by atoms with van der Waals surface area (Å²) in [6, 6.07) is 5.36. The lowest BCUT2D eigenvalue weighted by Gasteiger charge is -2.21. The molecule has 0 heterocycles. The minimum Gasteiger partial charge on any atom is -0.352 e. The molecule has 0 aliphatic heterocycles. The molecule has 1 saturated carbocycles. The van der Waals surface area contributed by atoms with E-state index in [1.165, 1.54) is 12.1 Å². The van der Waals surface area contributed by atoms with Crippen LogP contribution in [0, 0.1) is 5.92 Å². The van der Waals surface area contributed by atoms with E-state index in [1.807, 2.05) is 0 Å². The third-order valence-corrected chi connectivity index (χ3v) is 3.75. The van der Waals surface area contributed by atoms with Gasteiger partial charge in [-0.05, 0) is 24.5 Å². The molecule has 0 bridgehead atoms. The van der Waals surface area contributed by atoms with Gasteiger partial charge in [-0.15, -0.1) is 0 Å². The van der Waals surface area contributed by atoms with Crippen LogP contribution in [0.1, 0.15) is 43.2 Å². The number of benzene rings is 1.